The summed E-state index contributed by atoms with van der Waals surface area (Å²) in [5.41, 5.74) is 0. The van der Waals surface area contributed by atoms with Crippen molar-refractivity contribution in [3.63, 3.8) is 0 Å². The molecule has 0 spiro atoms. The summed E-state index contributed by atoms with van der Waals surface area (Å²) < 4.78 is 63.1. The predicted molar refractivity (Wildman–Crippen MR) is 105 cm³/mol. The number of amides is 2. The molecule has 3 rings (SSSR count). The van der Waals surface area contributed by atoms with Gasteiger partial charge in [-0.05, 0) is 0 Å². The van der Waals surface area contributed by atoms with Gasteiger partial charge in [0.05, 0.1) is 26.0 Å². The first kappa shape index (κ1) is 21.7. The Hall–Kier alpha value is -2.98. The molecule has 3 aromatic rings. The van der Waals surface area contributed by atoms with Crippen molar-refractivity contribution in [1.29, 1.82) is 0 Å². The van der Waals surface area contributed by atoms with Crippen molar-refractivity contribution >= 4 is 48.1 Å². The average molecular weight is 477 g/mol. The van der Waals surface area contributed by atoms with Gasteiger partial charge in [0, 0.05) is 11.6 Å². The molecular weight excluding hydrogens is 460 g/mol. The molecule has 0 saturated carbocycles. The van der Waals surface area contributed by atoms with Gasteiger partial charge in [0.1, 0.15) is 0 Å². The first-order valence-corrected chi connectivity index (χ1v) is 12.1. The summed E-state index contributed by atoms with van der Waals surface area (Å²) in [7, 11) is -5.97. The Morgan fingerprint density at radius 3 is 2.33 bits per heavy atom. The molecule has 0 aliphatic heterocycles. The number of sulfone groups is 1. The molecule has 0 aliphatic rings. The number of nitrogens with one attached hydrogen (secondary N) is 2. The first-order valence-electron chi connectivity index (χ1n) is 8.10. The maximum absolute atomic E-state index is 12.9. The lowest BCUT2D eigenvalue weighted by molar-refractivity contribution is 0.256. The van der Waals surface area contributed by atoms with Gasteiger partial charge in [-0.3, -0.25) is 9.72 Å². The molecule has 13 nitrogen and oxygen atoms in total. The highest BCUT2D eigenvalue weighted by Gasteiger charge is 2.33. The van der Waals surface area contributed by atoms with Crippen LogP contribution in [0.15, 0.2) is 27.7 Å². The zero-order valence-electron chi connectivity index (χ0n) is 15.8. The van der Waals surface area contributed by atoms with Crippen molar-refractivity contribution in [3.8, 4) is 11.8 Å². The third-order valence-electron chi connectivity index (χ3n) is 3.67. The van der Waals surface area contributed by atoms with Crippen LogP contribution in [0.4, 0.5) is 10.7 Å². The van der Waals surface area contributed by atoms with Gasteiger partial charge in [0.25, 0.3) is 10.0 Å². The summed E-state index contributed by atoms with van der Waals surface area (Å²) in [4.78, 5) is 24.0. The zero-order valence-corrected chi connectivity index (χ0v) is 18.3. The molecule has 16 heteroatoms. The Kier molecular flexibility index (Phi) is 5.82. The molecular formula is C14H16N6O7S3. The smallest absolute Gasteiger partial charge is 0.335 e. The molecule has 2 amide bonds. The van der Waals surface area contributed by atoms with Gasteiger partial charge >= 0.3 is 6.03 Å². The predicted octanol–water partition coefficient (Wildman–Crippen LogP) is 0.507. The zero-order chi connectivity index (χ0) is 22.1. The van der Waals surface area contributed by atoms with E-state index in [-0.39, 0.29) is 28.4 Å². The van der Waals surface area contributed by atoms with Crippen LogP contribution in [-0.4, -0.2) is 62.2 Å². The highest BCUT2D eigenvalue weighted by Crippen LogP contribution is 2.26. The van der Waals surface area contributed by atoms with Crippen LogP contribution in [-0.2, 0) is 19.9 Å². The lowest BCUT2D eigenvalue weighted by Crippen LogP contribution is -2.36. The molecule has 30 heavy (non-hydrogen) atoms. The minimum atomic E-state index is -4.64. The summed E-state index contributed by atoms with van der Waals surface area (Å²) in [5.74, 6) is -0.544. The van der Waals surface area contributed by atoms with E-state index in [1.54, 1.807) is 4.72 Å². The highest BCUT2D eigenvalue weighted by atomic mass is 32.2. The number of nitrogens with zero attached hydrogens (tertiary/aromatic N) is 4. The molecule has 0 bridgehead atoms. The molecule has 3 aromatic heterocycles. The Morgan fingerprint density at radius 1 is 1.13 bits per heavy atom. The van der Waals surface area contributed by atoms with E-state index in [2.05, 4.69) is 20.3 Å². The molecule has 0 atom stereocenters. The van der Waals surface area contributed by atoms with Gasteiger partial charge in [-0.25, -0.2) is 22.9 Å². The first-order chi connectivity index (χ1) is 14.1. The Balaban J connectivity index is 1.95. The number of anilines is 1. The van der Waals surface area contributed by atoms with Gasteiger partial charge in [-0.15, -0.1) is 11.3 Å². The van der Waals surface area contributed by atoms with Crippen molar-refractivity contribution in [2.75, 3.05) is 25.3 Å². The number of urea groups is 1. The normalized spacial score (nSPS) is 12.0. The van der Waals surface area contributed by atoms with Crippen molar-refractivity contribution in [2.45, 2.75) is 17.0 Å². The fraction of sp³-hybridized carbons (Fsp3) is 0.286. The van der Waals surface area contributed by atoms with Crippen LogP contribution in [0.1, 0.15) is 6.92 Å². The third-order valence-corrected chi connectivity index (χ3v) is 7.54. The molecule has 0 unspecified atom stereocenters. The number of fused-ring (bicyclic) bond motifs is 1. The summed E-state index contributed by atoms with van der Waals surface area (Å²) >= 11 is 1.04. The number of imidazole rings is 1. The Bertz CT molecular complexity index is 1290. The Morgan fingerprint density at radius 2 is 1.77 bits per heavy atom. The monoisotopic (exact) mass is 476 g/mol. The van der Waals surface area contributed by atoms with Gasteiger partial charge in [-0.2, -0.15) is 18.4 Å². The summed E-state index contributed by atoms with van der Waals surface area (Å²) in [5, 5.41) is 2.35. The van der Waals surface area contributed by atoms with Crippen LogP contribution >= 0.6 is 11.3 Å². The van der Waals surface area contributed by atoms with Crippen LogP contribution in [0.25, 0.3) is 4.96 Å². The highest BCUT2D eigenvalue weighted by molar-refractivity contribution is 7.93. The van der Waals surface area contributed by atoms with E-state index < -0.39 is 35.9 Å². The minimum absolute atomic E-state index is 0.0621. The molecule has 0 aromatic carbocycles. The quantitative estimate of drug-likeness (QED) is 0.489. The molecule has 2 N–H and O–H groups in total. The van der Waals surface area contributed by atoms with Gasteiger partial charge in [-0.1, -0.05) is 6.92 Å². The van der Waals surface area contributed by atoms with Crippen molar-refractivity contribution < 1.29 is 31.1 Å². The largest absolute Gasteiger partial charge is 0.481 e. The van der Waals surface area contributed by atoms with E-state index in [9.17, 15) is 21.6 Å². The molecule has 0 saturated heterocycles. The summed E-state index contributed by atoms with van der Waals surface area (Å²) in [6.07, 6.45) is 1.34. The maximum atomic E-state index is 12.9. The number of hydrogen-bond acceptors (Lipinski definition) is 11. The van der Waals surface area contributed by atoms with E-state index in [4.69, 9.17) is 9.47 Å². The number of thiazole rings is 1. The number of sulfonamides is 1. The second kappa shape index (κ2) is 8.04. The van der Waals surface area contributed by atoms with Crippen molar-refractivity contribution in [1.82, 2.24) is 24.1 Å². The number of hydrogen-bond donors (Lipinski definition) is 2. The van der Waals surface area contributed by atoms with Gasteiger partial charge < -0.3 is 9.47 Å². The van der Waals surface area contributed by atoms with Crippen LogP contribution in [0, 0.1) is 0 Å². The van der Waals surface area contributed by atoms with Crippen LogP contribution in [0.5, 0.6) is 11.8 Å². The molecule has 0 aliphatic carbocycles. The van der Waals surface area contributed by atoms with Crippen molar-refractivity contribution in [2.24, 2.45) is 0 Å². The Labute approximate surface area is 175 Å². The van der Waals surface area contributed by atoms with E-state index in [0.717, 1.165) is 15.7 Å². The number of carbonyl (C=O) groups is 1. The molecule has 0 fully saturated rings. The van der Waals surface area contributed by atoms with E-state index >= 15 is 0 Å². The van der Waals surface area contributed by atoms with E-state index in [1.165, 1.54) is 38.8 Å². The topological polar surface area (TPSA) is 171 Å². The van der Waals surface area contributed by atoms with Crippen LogP contribution in [0.3, 0.4) is 0 Å². The molecule has 0 radical (unpaired) electrons. The number of methoxy groups -OCH3 is 2. The van der Waals surface area contributed by atoms with Gasteiger partial charge in [0.2, 0.25) is 17.7 Å². The second-order valence-corrected chi connectivity index (χ2v) is 10.2. The number of aromatic nitrogens is 4. The second-order valence-electron chi connectivity index (χ2n) is 5.52. The standard InChI is InChI=1S/C14H16N6O7S3/c1-4-29(22,23)10-11(20-5-6-28-14(20)17-10)30(24,25)19-13(21)18-12-15-8(26-2)7-9(16-12)27-3/h5-7H,4H2,1-3H3,(H2,15,16,18,19,21). The minimum Gasteiger partial charge on any atom is -0.481 e. The SMILES string of the molecule is CCS(=O)(=O)c1nc2sccn2c1S(=O)(=O)NC(=O)Nc1nc(OC)cc(OC)n1. The number of rotatable bonds is 7. The van der Waals surface area contributed by atoms with Crippen LogP contribution < -0.4 is 19.5 Å². The molecule has 3 heterocycles. The lowest BCUT2D eigenvalue weighted by atomic mass is 10.6. The van der Waals surface area contributed by atoms with Crippen LogP contribution in [0.2, 0.25) is 0 Å². The fourth-order valence-corrected chi connectivity index (χ4v) is 5.77. The number of ether oxygens (including phenoxy) is 2. The summed E-state index contributed by atoms with van der Waals surface area (Å²) in [6, 6.07) is 0.122. The summed E-state index contributed by atoms with van der Waals surface area (Å²) in [6.45, 7) is 1.35. The maximum Gasteiger partial charge on any atom is 0.335 e. The third kappa shape index (κ3) is 4.14. The van der Waals surface area contributed by atoms with Crippen molar-refractivity contribution in [3.05, 3.63) is 17.6 Å². The lowest BCUT2D eigenvalue weighted by Gasteiger charge is -2.10. The van der Waals surface area contributed by atoms with E-state index in [1.807, 2.05) is 0 Å². The fourth-order valence-electron chi connectivity index (χ4n) is 2.30. The molecule has 162 valence electrons. The number of carbonyl (C=O) groups excluding carboxylic acids is 1. The average Bonchev–Trinajstić information content (AvgIpc) is 3.28. The van der Waals surface area contributed by atoms with E-state index in [0.29, 0.717) is 0 Å². The van der Waals surface area contributed by atoms with Gasteiger partial charge in [0.15, 0.2) is 24.9 Å².